The summed E-state index contributed by atoms with van der Waals surface area (Å²) < 4.78 is 36.7. The quantitative estimate of drug-likeness (QED) is 0.749. The summed E-state index contributed by atoms with van der Waals surface area (Å²) in [6, 6.07) is 3.79. The summed E-state index contributed by atoms with van der Waals surface area (Å²) in [6.07, 6.45) is -1.10. The fraction of sp³-hybridized carbons (Fsp3) is 0.571. The predicted octanol–water partition coefficient (Wildman–Crippen LogP) is 1.59. The zero-order valence-electron chi connectivity index (χ0n) is 11.8. The van der Waals surface area contributed by atoms with Crippen molar-refractivity contribution in [1.29, 1.82) is 0 Å². The maximum atomic E-state index is 13.6. The molecule has 0 aliphatic heterocycles. The SMILES string of the molecule is COCCN(CCOC)CC(O)c1cccc(F)c1F. The third kappa shape index (κ3) is 5.13. The molecule has 20 heavy (non-hydrogen) atoms. The van der Waals surface area contributed by atoms with Gasteiger partial charge in [-0.1, -0.05) is 12.1 Å². The van der Waals surface area contributed by atoms with Crippen molar-refractivity contribution in [1.82, 2.24) is 4.90 Å². The molecule has 6 heteroatoms. The summed E-state index contributed by atoms with van der Waals surface area (Å²) in [5, 5.41) is 10.1. The zero-order valence-corrected chi connectivity index (χ0v) is 11.8. The van der Waals surface area contributed by atoms with Gasteiger partial charge in [-0.05, 0) is 6.07 Å². The van der Waals surface area contributed by atoms with Gasteiger partial charge in [-0.25, -0.2) is 8.78 Å². The van der Waals surface area contributed by atoms with Gasteiger partial charge in [0.15, 0.2) is 11.6 Å². The highest BCUT2D eigenvalue weighted by Crippen LogP contribution is 2.20. The van der Waals surface area contributed by atoms with Crippen LogP contribution in [0.3, 0.4) is 0 Å². The second-order valence-corrected chi connectivity index (χ2v) is 4.45. The van der Waals surface area contributed by atoms with Gasteiger partial charge in [0.2, 0.25) is 0 Å². The van der Waals surface area contributed by atoms with Crippen LogP contribution >= 0.6 is 0 Å². The molecule has 0 amide bonds. The van der Waals surface area contributed by atoms with E-state index < -0.39 is 17.7 Å². The molecule has 1 unspecified atom stereocenters. The van der Waals surface area contributed by atoms with Gasteiger partial charge in [-0.2, -0.15) is 0 Å². The minimum absolute atomic E-state index is 0.0372. The van der Waals surface area contributed by atoms with Crippen LogP contribution in [0.25, 0.3) is 0 Å². The molecule has 0 saturated heterocycles. The van der Waals surface area contributed by atoms with Crippen LogP contribution in [0.4, 0.5) is 8.78 Å². The average molecular weight is 289 g/mol. The highest BCUT2D eigenvalue weighted by Gasteiger charge is 2.18. The van der Waals surface area contributed by atoms with Gasteiger partial charge in [0, 0.05) is 39.4 Å². The summed E-state index contributed by atoms with van der Waals surface area (Å²) in [7, 11) is 3.16. The molecule has 1 aromatic rings. The van der Waals surface area contributed by atoms with Gasteiger partial charge in [0.1, 0.15) is 0 Å². The molecule has 114 valence electrons. The number of aliphatic hydroxyl groups is 1. The summed E-state index contributed by atoms with van der Waals surface area (Å²) in [6.45, 7) is 2.32. The van der Waals surface area contributed by atoms with Crippen molar-refractivity contribution >= 4 is 0 Å². The molecule has 0 aromatic heterocycles. The maximum Gasteiger partial charge on any atom is 0.164 e. The Morgan fingerprint density at radius 2 is 1.75 bits per heavy atom. The number of methoxy groups -OCH3 is 2. The lowest BCUT2D eigenvalue weighted by Gasteiger charge is -2.24. The van der Waals surface area contributed by atoms with E-state index in [2.05, 4.69) is 0 Å². The van der Waals surface area contributed by atoms with Crippen LogP contribution in [-0.2, 0) is 9.47 Å². The minimum Gasteiger partial charge on any atom is -0.387 e. The van der Waals surface area contributed by atoms with Crippen molar-refractivity contribution in [2.45, 2.75) is 6.10 Å². The molecule has 0 fully saturated rings. The fourth-order valence-corrected chi connectivity index (χ4v) is 1.86. The number of aliphatic hydroxyl groups excluding tert-OH is 1. The normalized spacial score (nSPS) is 12.9. The molecule has 1 N–H and O–H groups in total. The third-order valence-electron chi connectivity index (χ3n) is 2.99. The number of nitrogens with zero attached hydrogens (tertiary/aromatic N) is 1. The van der Waals surface area contributed by atoms with E-state index in [-0.39, 0.29) is 12.1 Å². The molecule has 0 heterocycles. The van der Waals surface area contributed by atoms with Crippen LogP contribution in [0.15, 0.2) is 18.2 Å². The lowest BCUT2D eigenvalue weighted by atomic mass is 10.1. The van der Waals surface area contributed by atoms with Gasteiger partial charge >= 0.3 is 0 Å². The third-order valence-corrected chi connectivity index (χ3v) is 2.99. The van der Waals surface area contributed by atoms with E-state index in [1.54, 1.807) is 14.2 Å². The Morgan fingerprint density at radius 3 is 2.30 bits per heavy atom. The highest BCUT2D eigenvalue weighted by molar-refractivity contribution is 5.21. The van der Waals surface area contributed by atoms with Crippen molar-refractivity contribution in [3.63, 3.8) is 0 Å². The Bertz CT molecular complexity index is 396. The Kier molecular flexibility index (Phi) is 7.61. The van der Waals surface area contributed by atoms with Gasteiger partial charge < -0.3 is 14.6 Å². The second kappa shape index (κ2) is 8.97. The van der Waals surface area contributed by atoms with E-state index in [0.29, 0.717) is 26.3 Å². The standard InChI is InChI=1S/C14H21F2NO3/c1-19-8-6-17(7-9-20-2)10-13(18)11-4-3-5-12(15)14(11)16/h3-5,13,18H,6-10H2,1-2H3. The van der Waals surface area contributed by atoms with Crippen LogP contribution in [0.2, 0.25) is 0 Å². The average Bonchev–Trinajstić information content (AvgIpc) is 2.44. The minimum atomic E-state index is -1.10. The summed E-state index contributed by atoms with van der Waals surface area (Å²) >= 11 is 0. The molecule has 0 aliphatic rings. The fourth-order valence-electron chi connectivity index (χ4n) is 1.86. The zero-order chi connectivity index (χ0) is 15.0. The predicted molar refractivity (Wildman–Crippen MR) is 71.5 cm³/mol. The number of benzene rings is 1. The topological polar surface area (TPSA) is 41.9 Å². The molecule has 0 spiro atoms. The van der Waals surface area contributed by atoms with Crippen molar-refractivity contribution in [2.75, 3.05) is 47.1 Å². The maximum absolute atomic E-state index is 13.6. The Balaban J connectivity index is 2.68. The molecule has 0 bridgehead atoms. The first-order valence-corrected chi connectivity index (χ1v) is 6.42. The molecule has 1 aromatic carbocycles. The number of rotatable bonds is 9. The lowest BCUT2D eigenvalue weighted by Crippen LogP contribution is -2.34. The van der Waals surface area contributed by atoms with E-state index in [1.807, 2.05) is 4.90 Å². The number of hydrogen-bond acceptors (Lipinski definition) is 4. The first kappa shape index (κ1) is 17.0. The van der Waals surface area contributed by atoms with Crippen LogP contribution in [0, 0.1) is 11.6 Å². The second-order valence-electron chi connectivity index (χ2n) is 4.45. The highest BCUT2D eigenvalue weighted by atomic mass is 19.2. The van der Waals surface area contributed by atoms with Crippen molar-refractivity contribution < 1.29 is 23.4 Å². The van der Waals surface area contributed by atoms with Crippen LogP contribution in [-0.4, -0.2) is 57.1 Å². The number of halogens is 2. The summed E-state index contributed by atoms with van der Waals surface area (Å²) in [4.78, 5) is 1.88. The van der Waals surface area contributed by atoms with Gasteiger partial charge in [-0.3, -0.25) is 4.90 Å². The van der Waals surface area contributed by atoms with E-state index in [0.717, 1.165) is 6.07 Å². The number of ether oxygens (including phenoxy) is 2. The molecule has 0 saturated carbocycles. The largest absolute Gasteiger partial charge is 0.387 e. The van der Waals surface area contributed by atoms with Gasteiger partial charge in [0.25, 0.3) is 0 Å². The molecule has 4 nitrogen and oxygen atoms in total. The van der Waals surface area contributed by atoms with E-state index in [9.17, 15) is 13.9 Å². The van der Waals surface area contributed by atoms with Crippen molar-refractivity contribution in [3.8, 4) is 0 Å². The van der Waals surface area contributed by atoms with E-state index in [1.165, 1.54) is 12.1 Å². The molecular weight excluding hydrogens is 268 g/mol. The first-order chi connectivity index (χ1) is 9.60. The summed E-state index contributed by atoms with van der Waals surface area (Å²) in [5.74, 6) is -1.96. The van der Waals surface area contributed by atoms with E-state index >= 15 is 0 Å². The molecule has 1 atom stereocenters. The van der Waals surface area contributed by atoms with Crippen LogP contribution in [0.1, 0.15) is 11.7 Å². The van der Waals surface area contributed by atoms with Gasteiger partial charge in [-0.15, -0.1) is 0 Å². The summed E-state index contributed by atoms with van der Waals surface area (Å²) in [5.41, 5.74) is -0.0372. The first-order valence-electron chi connectivity index (χ1n) is 6.42. The molecule has 1 rings (SSSR count). The monoisotopic (exact) mass is 289 g/mol. The Morgan fingerprint density at radius 1 is 1.15 bits per heavy atom. The molecule has 0 radical (unpaired) electrons. The smallest absolute Gasteiger partial charge is 0.164 e. The van der Waals surface area contributed by atoms with Crippen LogP contribution < -0.4 is 0 Å². The Labute approximate surface area is 117 Å². The lowest BCUT2D eigenvalue weighted by molar-refractivity contribution is 0.0680. The molecular formula is C14H21F2NO3. The van der Waals surface area contributed by atoms with Crippen molar-refractivity contribution in [2.24, 2.45) is 0 Å². The van der Waals surface area contributed by atoms with Crippen LogP contribution in [0.5, 0.6) is 0 Å². The van der Waals surface area contributed by atoms with Gasteiger partial charge in [0.05, 0.1) is 19.3 Å². The van der Waals surface area contributed by atoms with Crippen molar-refractivity contribution in [3.05, 3.63) is 35.4 Å². The Hall–Kier alpha value is -1.08. The molecule has 0 aliphatic carbocycles. The number of hydrogen-bond donors (Lipinski definition) is 1. The van der Waals surface area contributed by atoms with E-state index in [4.69, 9.17) is 9.47 Å².